The lowest BCUT2D eigenvalue weighted by Crippen LogP contribution is -2.31. The first-order valence-corrected chi connectivity index (χ1v) is 10.3. The van der Waals surface area contributed by atoms with Gasteiger partial charge in [0.2, 0.25) is 5.91 Å². The van der Waals surface area contributed by atoms with Crippen molar-refractivity contribution in [3.8, 4) is 0 Å². The summed E-state index contributed by atoms with van der Waals surface area (Å²) in [5, 5.41) is 7.12. The lowest BCUT2D eigenvalue weighted by molar-refractivity contribution is -0.192. The second kappa shape index (κ2) is 8.93. The highest BCUT2D eigenvalue weighted by molar-refractivity contribution is 5.96. The number of rotatable bonds is 3. The molecule has 2 saturated heterocycles. The maximum absolute atomic E-state index is 12.7. The third-order valence-electron chi connectivity index (χ3n) is 6.17. The van der Waals surface area contributed by atoms with E-state index in [4.69, 9.17) is 9.90 Å². The number of alkyl halides is 3. The molecule has 174 valence electrons. The van der Waals surface area contributed by atoms with E-state index >= 15 is 0 Å². The summed E-state index contributed by atoms with van der Waals surface area (Å²) in [4.78, 5) is 30.5. The first-order chi connectivity index (χ1) is 14.9. The van der Waals surface area contributed by atoms with Gasteiger partial charge in [0, 0.05) is 50.1 Å². The van der Waals surface area contributed by atoms with Gasteiger partial charge in [-0.2, -0.15) is 13.2 Å². The van der Waals surface area contributed by atoms with Gasteiger partial charge >= 0.3 is 12.1 Å². The van der Waals surface area contributed by atoms with Crippen molar-refractivity contribution in [3.05, 3.63) is 47.5 Å². The zero-order chi connectivity index (χ0) is 23.7. The SMILES string of the molecule is Cc1ccc(N2CC3(CCN(Cc4nccn4C)C3)CC2=O)cc1C.O=C(O)C(F)(F)F. The predicted octanol–water partition coefficient (Wildman–Crippen LogP) is 3.30. The predicted molar refractivity (Wildman–Crippen MR) is 112 cm³/mol. The molecule has 0 radical (unpaired) electrons. The maximum atomic E-state index is 12.7. The number of benzene rings is 1. The number of carbonyl (C=O) groups excluding carboxylic acids is 1. The largest absolute Gasteiger partial charge is 0.490 e. The van der Waals surface area contributed by atoms with Crippen LogP contribution in [0.2, 0.25) is 0 Å². The minimum Gasteiger partial charge on any atom is -0.475 e. The normalized spacial score (nSPS) is 21.2. The van der Waals surface area contributed by atoms with Gasteiger partial charge in [-0.15, -0.1) is 0 Å². The van der Waals surface area contributed by atoms with Gasteiger partial charge in [-0.3, -0.25) is 9.69 Å². The first kappa shape index (κ1) is 23.8. The van der Waals surface area contributed by atoms with Gasteiger partial charge in [0.25, 0.3) is 0 Å². The number of carboxylic acids is 1. The van der Waals surface area contributed by atoms with Crippen LogP contribution in [0.25, 0.3) is 0 Å². The molecule has 4 rings (SSSR count). The van der Waals surface area contributed by atoms with Gasteiger partial charge in [-0.1, -0.05) is 6.07 Å². The van der Waals surface area contributed by atoms with Crippen LogP contribution in [0.3, 0.4) is 0 Å². The Morgan fingerprint density at radius 3 is 2.47 bits per heavy atom. The fraction of sp³-hybridized carbons (Fsp3) is 0.500. The van der Waals surface area contributed by atoms with E-state index in [2.05, 4.69) is 46.5 Å². The summed E-state index contributed by atoms with van der Waals surface area (Å²) < 4.78 is 33.8. The molecule has 3 heterocycles. The van der Waals surface area contributed by atoms with Crippen molar-refractivity contribution in [1.82, 2.24) is 14.5 Å². The van der Waals surface area contributed by atoms with E-state index in [1.54, 1.807) is 0 Å². The molecular weight excluding hydrogens is 425 g/mol. The molecule has 32 heavy (non-hydrogen) atoms. The van der Waals surface area contributed by atoms with Crippen LogP contribution in [0.5, 0.6) is 0 Å². The molecule has 10 heteroatoms. The zero-order valence-corrected chi connectivity index (χ0v) is 18.3. The van der Waals surface area contributed by atoms with Crippen LogP contribution >= 0.6 is 0 Å². The number of hydrogen-bond donors (Lipinski definition) is 1. The molecule has 7 nitrogen and oxygen atoms in total. The van der Waals surface area contributed by atoms with Gasteiger partial charge in [0.1, 0.15) is 5.82 Å². The summed E-state index contributed by atoms with van der Waals surface area (Å²) in [7, 11) is 2.04. The standard InChI is InChI=1S/C20H26N4O.C2HF3O2/c1-15-4-5-17(10-16(15)2)24-14-20(11-19(24)25)6-8-23(13-20)12-18-21-7-9-22(18)3;3-2(4,5)1(6)7/h4-5,7,9-10H,6,8,11-14H2,1-3H3;(H,6,7). The molecule has 1 N–H and O–H groups in total. The average Bonchev–Trinajstić information content (AvgIpc) is 3.37. The number of imidazole rings is 1. The Hall–Kier alpha value is -2.88. The molecular formula is C22H27F3N4O3. The molecule has 1 atom stereocenters. The van der Waals surface area contributed by atoms with Crippen molar-refractivity contribution < 1.29 is 27.9 Å². The number of aryl methyl sites for hydroxylation is 3. The Kier molecular flexibility index (Phi) is 6.64. The van der Waals surface area contributed by atoms with Crippen LogP contribution in [0.1, 0.15) is 29.8 Å². The first-order valence-electron chi connectivity index (χ1n) is 10.3. The Morgan fingerprint density at radius 1 is 1.22 bits per heavy atom. The van der Waals surface area contributed by atoms with Gasteiger partial charge in [-0.05, 0) is 50.1 Å². The smallest absolute Gasteiger partial charge is 0.475 e. The van der Waals surface area contributed by atoms with Crippen LogP contribution in [0.4, 0.5) is 18.9 Å². The van der Waals surface area contributed by atoms with Crippen LogP contribution < -0.4 is 4.90 Å². The lowest BCUT2D eigenvalue weighted by atomic mass is 9.86. The Bertz CT molecular complexity index is 1000. The second-order valence-electron chi connectivity index (χ2n) is 8.64. The van der Waals surface area contributed by atoms with Gasteiger partial charge in [-0.25, -0.2) is 9.78 Å². The number of likely N-dealkylation sites (tertiary alicyclic amines) is 1. The molecule has 1 spiro atoms. The van der Waals surface area contributed by atoms with E-state index in [0.29, 0.717) is 6.42 Å². The molecule has 2 fully saturated rings. The highest BCUT2D eigenvalue weighted by Gasteiger charge is 2.47. The third-order valence-corrected chi connectivity index (χ3v) is 6.17. The number of carbonyl (C=O) groups is 2. The average molecular weight is 452 g/mol. The van der Waals surface area contributed by atoms with Crippen molar-refractivity contribution in [2.75, 3.05) is 24.5 Å². The Balaban J connectivity index is 0.000000360. The highest BCUT2D eigenvalue weighted by atomic mass is 19.4. The molecule has 0 aliphatic carbocycles. The van der Waals surface area contributed by atoms with E-state index in [0.717, 1.165) is 44.1 Å². The van der Waals surface area contributed by atoms with Crippen molar-refractivity contribution in [2.24, 2.45) is 12.5 Å². The van der Waals surface area contributed by atoms with Crippen LogP contribution in [-0.2, 0) is 23.2 Å². The number of anilines is 1. The van der Waals surface area contributed by atoms with Gasteiger partial charge < -0.3 is 14.6 Å². The number of aromatic nitrogens is 2. The molecule has 0 bridgehead atoms. The summed E-state index contributed by atoms with van der Waals surface area (Å²) >= 11 is 0. The molecule has 1 aromatic carbocycles. The minimum absolute atomic E-state index is 0.0983. The van der Waals surface area contributed by atoms with Crippen molar-refractivity contribution in [2.45, 2.75) is 39.4 Å². The molecule has 2 aliphatic rings. The number of aliphatic carboxylic acids is 1. The summed E-state index contributed by atoms with van der Waals surface area (Å²) in [5.74, 6) is -1.40. The molecule has 2 aliphatic heterocycles. The number of halogens is 3. The lowest BCUT2D eigenvalue weighted by Gasteiger charge is -2.24. The Morgan fingerprint density at radius 2 is 1.91 bits per heavy atom. The van der Waals surface area contributed by atoms with E-state index in [1.165, 1.54) is 11.1 Å². The molecule has 0 saturated carbocycles. The van der Waals surface area contributed by atoms with E-state index in [1.807, 2.05) is 24.3 Å². The fourth-order valence-corrected chi connectivity index (χ4v) is 4.21. The number of nitrogens with zero attached hydrogens (tertiary/aromatic N) is 4. The second-order valence-corrected chi connectivity index (χ2v) is 8.64. The quantitative estimate of drug-likeness (QED) is 0.773. The summed E-state index contributed by atoms with van der Waals surface area (Å²) in [6.45, 7) is 7.94. The van der Waals surface area contributed by atoms with Gasteiger partial charge in [0.15, 0.2) is 0 Å². The van der Waals surface area contributed by atoms with Crippen LogP contribution in [-0.4, -0.2) is 57.2 Å². The van der Waals surface area contributed by atoms with Crippen LogP contribution in [0, 0.1) is 19.3 Å². The number of hydrogen-bond acceptors (Lipinski definition) is 4. The van der Waals surface area contributed by atoms with Crippen molar-refractivity contribution >= 4 is 17.6 Å². The molecule has 1 amide bonds. The van der Waals surface area contributed by atoms with Crippen LogP contribution in [0.15, 0.2) is 30.6 Å². The summed E-state index contributed by atoms with van der Waals surface area (Å²) in [5.41, 5.74) is 3.66. The monoisotopic (exact) mass is 452 g/mol. The minimum atomic E-state index is -5.08. The highest BCUT2D eigenvalue weighted by Crippen LogP contribution is 2.42. The van der Waals surface area contributed by atoms with Crippen molar-refractivity contribution in [1.29, 1.82) is 0 Å². The third kappa shape index (κ3) is 5.29. The molecule has 2 aromatic rings. The summed E-state index contributed by atoms with van der Waals surface area (Å²) in [6, 6.07) is 6.34. The maximum Gasteiger partial charge on any atom is 0.490 e. The van der Waals surface area contributed by atoms with E-state index in [9.17, 15) is 18.0 Å². The molecule has 1 aromatic heterocycles. The summed E-state index contributed by atoms with van der Waals surface area (Å²) in [6.07, 6.45) is 0.505. The number of amides is 1. The van der Waals surface area contributed by atoms with Gasteiger partial charge in [0.05, 0.1) is 6.54 Å². The number of carboxylic acid groups (broad SMARTS) is 1. The topological polar surface area (TPSA) is 78.7 Å². The van der Waals surface area contributed by atoms with Crippen molar-refractivity contribution in [3.63, 3.8) is 0 Å². The molecule has 1 unspecified atom stereocenters. The zero-order valence-electron chi connectivity index (χ0n) is 18.3. The van der Waals surface area contributed by atoms with E-state index < -0.39 is 12.1 Å². The Labute approximate surface area is 184 Å². The van der Waals surface area contributed by atoms with E-state index in [-0.39, 0.29) is 11.3 Å². The fourth-order valence-electron chi connectivity index (χ4n) is 4.21.